The number of hydrogen-bond donors (Lipinski definition) is 0. The number of benzene rings is 6. The number of halogens is 5. The van der Waals surface area contributed by atoms with Crippen LogP contribution >= 0.6 is 22.7 Å². The lowest BCUT2D eigenvalue weighted by Crippen LogP contribution is -2.45. The highest BCUT2D eigenvalue weighted by Gasteiger charge is 2.38. The standard InChI is InChI=1S/C27H31F3N4O2.C25H29N3O3S.C19H19F2N3O2S.C18H19N3O2S/c1-17(18-4-6-21(35)12-18)36-26-15-20(14-24-22(26)16-33(3)31-24)19-5-7-25(23(13-19)27(28,29)30)34-10-8-32(2)9-11-34;1-17(19-7-10-22(29)13-19)31-25-15-20(14-24-23(25)16-27(2)26-24)18-5-8-21(9-6-18)28-11-4-12-32(28,3)30;1-10(11-3-4-13(25)5-11)26-17-7-12(6-15-14(17)8-24(2)23-15)16-9-27-19(22-16)18(20)21;1-11(12-3-4-14(22)5-12)23-18-7-13(17-9-24-10-19-17)6-16-15(18)8-21(2)20-16/h5,7,13-18H,4,6,8-12H2,1-3H3;5-6,8-9,14-17,19H,3-4,7,10-13H2,1-2H3;6-11,18H,3-5H2,1-2H3;6-12H,3-5H2,1-2H3/t17-,18+;17-,19+,32?;10-,11+;11-,12+/m1111/s1. The Morgan fingerprint density at radius 2 is 0.882 bits per heavy atom. The summed E-state index contributed by atoms with van der Waals surface area (Å²) in [5.74, 6) is 9.46. The molecule has 8 heterocycles. The summed E-state index contributed by atoms with van der Waals surface area (Å²) in [5.41, 5.74) is 11.7. The van der Waals surface area contributed by atoms with Crippen molar-refractivity contribution < 1.29 is 64.3 Å². The van der Waals surface area contributed by atoms with Crippen molar-refractivity contribution in [2.75, 3.05) is 54.7 Å². The van der Waals surface area contributed by atoms with Crippen molar-refractivity contribution in [3.05, 3.63) is 143 Å². The number of fused-ring (bicyclic) bond motifs is 4. The topological polar surface area (TPSA) is 229 Å². The van der Waals surface area contributed by atoms with E-state index in [-0.39, 0.29) is 64.4 Å². The van der Waals surface area contributed by atoms with E-state index >= 15 is 0 Å². The summed E-state index contributed by atoms with van der Waals surface area (Å²) in [5, 5.41) is 25.1. The van der Waals surface area contributed by atoms with E-state index in [9.17, 15) is 45.3 Å². The number of thiazole rings is 2. The number of ether oxygens (including phenoxy) is 4. The Hall–Kier alpha value is -10.4. The highest BCUT2D eigenvalue weighted by Crippen LogP contribution is 2.45. The van der Waals surface area contributed by atoms with Crippen molar-refractivity contribution in [3.63, 3.8) is 0 Å². The van der Waals surface area contributed by atoms with E-state index < -0.39 is 27.9 Å². The first-order chi connectivity index (χ1) is 56.9. The number of aromatic nitrogens is 10. The molecule has 4 saturated carbocycles. The molecule has 626 valence electrons. The molecule has 30 heteroatoms. The Kier molecular flexibility index (Phi) is 24.7. The molecule has 0 N–H and O–H groups in total. The van der Waals surface area contributed by atoms with Crippen LogP contribution in [0.25, 0.3) is 88.4 Å². The summed E-state index contributed by atoms with van der Waals surface area (Å²) in [6.07, 6.45) is 9.37. The molecule has 18 rings (SSSR count). The fourth-order valence-electron chi connectivity index (χ4n) is 17.0. The van der Waals surface area contributed by atoms with E-state index in [1.807, 2.05) is 123 Å². The third kappa shape index (κ3) is 19.2. The van der Waals surface area contributed by atoms with Crippen LogP contribution < -0.4 is 28.2 Å². The number of likely N-dealkylation sites (N-methyl/N-ethyl adjacent to an activating group) is 1. The molecule has 12 aromatic rings. The smallest absolute Gasteiger partial charge is 0.418 e. The van der Waals surface area contributed by atoms with Gasteiger partial charge in [-0.15, -0.1) is 22.7 Å². The Labute approximate surface area is 695 Å². The quantitative estimate of drug-likeness (QED) is 0.0541. The molecule has 6 aromatic carbocycles. The molecule has 119 heavy (non-hydrogen) atoms. The maximum absolute atomic E-state index is 14.2. The number of alkyl halides is 5. The largest absolute Gasteiger partial charge is 0.490 e. The number of Topliss-reactive ketones (excluding diaryl/α,β-unsaturated/α-hetero) is 4. The van der Waals surface area contributed by atoms with Gasteiger partial charge in [0.2, 0.25) is 0 Å². The lowest BCUT2D eigenvalue weighted by molar-refractivity contribution is -0.137. The van der Waals surface area contributed by atoms with Crippen molar-refractivity contribution in [1.82, 2.24) is 54.0 Å². The van der Waals surface area contributed by atoms with E-state index in [2.05, 4.69) is 79.2 Å². The average molecular weight is 1690 g/mol. The van der Waals surface area contributed by atoms with Gasteiger partial charge >= 0.3 is 6.18 Å². The minimum Gasteiger partial charge on any atom is -0.490 e. The van der Waals surface area contributed by atoms with Gasteiger partial charge in [-0.25, -0.2) is 23.0 Å². The SMILES string of the molecule is C=S1(=O)CCCN1c1ccc(-c2cc(O[C@H](C)[C@H]3CCC(=O)C3)c3cn(C)nc3c2)cc1.C[C@@H](Oc1cc(-c2ccc(N3CCN(C)CC3)c(C(F)(F)F)c2)cc2nn(C)cc12)[C@H]1CCC(=O)C1.C[C@@H](Oc1cc(-c2csc(C(F)F)n2)cc2nn(C)cc12)[C@H]1CCC(=O)C1.C[C@@H](Oc1cc(-c2cscn2)cc2nn(C)cc12)[C@H]1CCC(=O)C1. The number of nitrogens with zero attached hydrogens (tertiary/aromatic N) is 13. The number of carbonyl (C=O) groups is 4. The Morgan fingerprint density at radius 3 is 1.24 bits per heavy atom. The zero-order chi connectivity index (χ0) is 83.9. The van der Waals surface area contributed by atoms with Crippen LogP contribution in [0.5, 0.6) is 23.0 Å². The van der Waals surface area contributed by atoms with Gasteiger partial charge in [-0.2, -0.15) is 33.6 Å². The van der Waals surface area contributed by atoms with Gasteiger partial charge in [0.1, 0.15) is 46.1 Å². The molecule has 0 bridgehead atoms. The zero-order valence-electron chi connectivity index (χ0n) is 68.1. The second-order valence-corrected chi connectivity index (χ2v) is 36.5. The third-order valence-electron chi connectivity index (χ3n) is 23.8. The van der Waals surface area contributed by atoms with Gasteiger partial charge in [0.05, 0.1) is 90.5 Å². The summed E-state index contributed by atoms with van der Waals surface area (Å²) in [7, 11) is 7.21. The summed E-state index contributed by atoms with van der Waals surface area (Å²) in [6, 6.07) is 28.2. The molecule has 9 atom stereocenters. The van der Waals surface area contributed by atoms with Gasteiger partial charge in [-0.1, -0.05) is 18.2 Å². The van der Waals surface area contributed by atoms with Crippen molar-refractivity contribution in [2.45, 2.75) is 148 Å². The normalized spacial score (nSPS) is 20.8. The van der Waals surface area contributed by atoms with Crippen LogP contribution in [0.3, 0.4) is 0 Å². The van der Waals surface area contributed by atoms with Crippen molar-refractivity contribution in [2.24, 2.45) is 51.9 Å². The second kappa shape index (κ2) is 35.1. The fraction of sp³-hybridized carbons (Fsp3) is 0.427. The number of carbonyl (C=O) groups excluding carboxylic acids is 4. The van der Waals surface area contributed by atoms with Crippen LogP contribution in [0, 0.1) is 23.7 Å². The second-order valence-electron chi connectivity index (χ2n) is 32.5. The maximum Gasteiger partial charge on any atom is 0.418 e. The van der Waals surface area contributed by atoms with Crippen LogP contribution in [-0.4, -0.2) is 157 Å². The summed E-state index contributed by atoms with van der Waals surface area (Å²) >= 11 is 2.51. The van der Waals surface area contributed by atoms with Gasteiger partial charge in [-0.3, -0.25) is 42.2 Å². The molecular weight excluding hydrogens is 1590 g/mol. The number of aryl methyl sites for hydroxylation is 4. The molecule has 2 saturated heterocycles. The van der Waals surface area contributed by atoms with Crippen molar-refractivity contribution in [1.29, 1.82) is 0 Å². The van der Waals surface area contributed by atoms with E-state index in [0.717, 1.165) is 135 Å². The first kappa shape index (κ1) is 83.6. The Balaban J connectivity index is 0.000000125. The first-order valence-electron chi connectivity index (χ1n) is 40.5. The summed E-state index contributed by atoms with van der Waals surface area (Å²) in [4.78, 5) is 59.0. The molecule has 6 aliphatic rings. The molecule has 6 aromatic heterocycles. The molecule has 6 fully saturated rings. The third-order valence-corrected chi connectivity index (χ3v) is 27.3. The number of ketones is 4. The van der Waals surface area contributed by atoms with E-state index in [1.54, 1.807) is 66.8 Å². The maximum atomic E-state index is 14.2. The molecular formula is C89H98F5N13O9S3. The molecule has 0 spiro atoms. The van der Waals surface area contributed by atoms with Crippen LogP contribution in [0.4, 0.5) is 33.3 Å². The first-order valence-corrected chi connectivity index (χ1v) is 44.2. The van der Waals surface area contributed by atoms with Crippen molar-refractivity contribution >= 4 is 116 Å². The Morgan fingerprint density at radius 1 is 0.487 bits per heavy atom. The lowest BCUT2D eigenvalue weighted by atomic mass is 9.99. The van der Waals surface area contributed by atoms with Crippen LogP contribution in [0.1, 0.15) is 128 Å². The summed E-state index contributed by atoms with van der Waals surface area (Å²) < 4.78 is 115. The van der Waals surface area contributed by atoms with Gasteiger partial charge in [0.15, 0.2) is 5.01 Å². The number of rotatable bonds is 19. The van der Waals surface area contributed by atoms with E-state index in [1.165, 1.54) is 6.07 Å². The molecule has 2 aliphatic heterocycles. The van der Waals surface area contributed by atoms with Crippen molar-refractivity contribution in [3.8, 4) is 67.8 Å². The lowest BCUT2D eigenvalue weighted by Gasteiger charge is -2.35. The number of anilines is 2. The van der Waals surface area contributed by atoms with Gasteiger partial charge in [0, 0.05) is 209 Å². The molecule has 0 amide bonds. The minimum absolute atomic E-state index is 0.00513. The zero-order valence-corrected chi connectivity index (χ0v) is 70.6. The average Bonchev–Trinajstić information content (AvgIpc) is 1.75. The predicted molar refractivity (Wildman–Crippen MR) is 457 cm³/mol. The van der Waals surface area contributed by atoms with Gasteiger partial charge in [-0.05, 0) is 168 Å². The number of hydrogen-bond acceptors (Lipinski definition) is 19. The van der Waals surface area contributed by atoms with Crippen LogP contribution in [0.15, 0.2) is 132 Å². The molecule has 4 aliphatic carbocycles. The summed E-state index contributed by atoms with van der Waals surface area (Å²) in [6.45, 7) is 11.4. The highest BCUT2D eigenvalue weighted by atomic mass is 32.2. The molecule has 0 radical (unpaired) electrons. The molecule has 1 unspecified atom stereocenters. The highest BCUT2D eigenvalue weighted by molar-refractivity contribution is 8.01. The van der Waals surface area contributed by atoms with Crippen LogP contribution in [0.2, 0.25) is 0 Å². The number of piperazine rings is 1. The predicted octanol–water partition coefficient (Wildman–Crippen LogP) is 18.0. The van der Waals surface area contributed by atoms with Gasteiger partial charge < -0.3 is 28.7 Å². The van der Waals surface area contributed by atoms with E-state index in [4.69, 9.17) is 18.9 Å². The molecule has 22 nitrogen and oxygen atoms in total. The van der Waals surface area contributed by atoms with E-state index in [0.29, 0.717) is 133 Å². The fourth-order valence-corrected chi connectivity index (χ4v) is 20.0. The van der Waals surface area contributed by atoms with Crippen LogP contribution in [-0.2, 0) is 63.3 Å². The minimum atomic E-state index is -4.48. The monoisotopic (exact) mass is 1680 g/mol. The van der Waals surface area contributed by atoms with Gasteiger partial charge in [0.25, 0.3) is 6.43 Å². The Bertz CT molecular complexity index is 5850.